The van der Waals surface area contributed by atoms with Gasteiger partial charge in [-0.2, -0.15) is 0 Å². The summed E-state index contributed by atoms with van der Waals surface area (Å²) < 4.78 is 0. The Labute approximate surface area is 121 Å². The van der Waals surface area contributed by atoms with Crippen LogP contribution in [0.4, 0.5) is 0 Å². The van der Waals surface area contributed by atoms with Gasteiger partial charge in [0.2, 0.25) is 0 Å². The summed E-state index contributed by atoms with van der Waals surface area (Å²) in [4.78, 5) is 2.76. The van der Waals surface area contributed by atoms with E-state index in [4.69, 9.17) is 0 Å². The van der Waals surface area contributed by atoms with Gasteiger partial charge in [0, 0.05) is 25.2 Å². The standard InChI is InChI=1S/C17H36N2/c1-8-14(4)16-11-18-15(13(2)3)12-19(16)10-9-17(5,6)7/h13-16,18H,8-12H2,1-7H3. The summed E-state index contributed by atoms with van der Waals surface area (Å²) in [6.07, 6.45) is 2.58. The molecule has 0 radical (unpaired) electrons. The minimum atomic E-state index is 0.443. The van der Waals surface area contributed by atoms with Crippen LogP contribution in [0.5, 0.6) is 0 Å². The molecule has 2 nitrogen and oxygen atoms in total. The lowest BCUT2D eigenvalue weighted by Gasteiger charge is -2.45. The van der Waals surface area contributed by atoms with E-state index >= 15 is 0 Å². The summed E-state index contributed by atoms with van der Waals surface area (Å²) in [6.45, 7) is 20.1. The zero-order chi connectivity index (χ0) is 14.6. The Morgan fingerprint density at radius 2 is 1.84 bits per heavy atom. The Kier molecular flexibility index (Phi) is 6.32. The van der Waals surface area contributed by atoms with Crippen LogP contribution in [-0.2, 0) is 0 Å². The summed E-state index contributed by atoms with van der Waals surface area (Å²) in [7, 11) is 0. The third kappa shape index (κ3) is 5.43. The molecule has 1 aliphatic rings. The summed E-state index contributed by atoms with van der Waals surface area (Å²) in [5.41, 5.74) is 0.443. The van der Waals surface area contributed by atoms with Crippen LogP contribution in [-0.4, -0.2) is 36.6 Å². The largest absolute Gasteiger partial charge is 0.311 e. The molecular weight excluding hydrogens is 232 g/mol. The van der Waals surface area contributed by atoms with E-state index in [-0.39, 0.29) is 0 Å². The molecular formula is C17H36N2. The molecule has 2 heteroatoms. The number of piperazine rings is 1. The fraction of sp³-hybridized carbons (Fsp3) is 1.00. The van der Waals surface area contributed by atoms with Crippen molar-refractivity contribution >= 4 is 0 Å². The molecule has 0 spiro atoms. The van der Waals surface area contributed by atoms with E-state index in [1.807, 2.05) is 0 Å². The monoisotopic (exact) mass is 268 g/mol. The van der Waals surface area contributed by atoms with Crippen molar-refractivity contribution < 1.29 is 0 Å². The van der Waals surface area contributed by atoms with Gasteiger partial charge in [-0.05, 0) is 30.2 Å². The van der Waals surface area contributed by atoms with Crippen molar-refractivity contribution in [3.8, 4) is 0 Å². The predicted molar refractivity (Wildman–Crippen MR) is 85.5 cm³/mol. The normalized spacial score (nSPS) is 27.8. The zero-order valence-corrected chi connectivity index (χ0v) is 14.3. The Bertz CT molecular complexity index is 254. The third-order valence-corrected chi connectivity index (χ3v) is 4.74. The van der Waals surface area contributed by atoms with Crippen molar-refractivity contribution in [2.45, 2.75) is 73.4 Å². The Morgan fingerprint density at radius 1 is 1.21 bits per heavy atom. The Morgan fingerprint density at radius 3 is 2.32 bits per heavy atom. The first-order chi connectivity index (χ1) is 8.74. The first kappa shape index (κ1) is 17.0. The second-order valence-electron chi connectivity index (χ2n) is 8.02. The number of nitrogens with one attached hydrogen (secondary N) is 1. The summed E-state index contributed by atoms with van der Waals surface area (Å²) in [6, 6.07) is 1.39. The highest BCUT2D eigenvalue weighted by molar-refractivity contribution is 4.90. The van der Waals surface area contributed by atoms with Crippen molar-refractivity contribution in [1.29, 1.82) is 0 Å². The highest BCUT2D eigenvalue weighted by atomic mass is 15.2. The number of rotatable bonds is 5. The molecule has 1 fully saturated rings. The quantitative estimate of drug-likeness (QED) is 0.816. The zero-order valence-electron chi connectivity index (χ0n) is 14.3. The van der Waals surface area contributed by atoms with E-state index in [1.54, 1.807) is 0 Å². The molecule has 3 unspecified atom stereocenters. The molecule has 1 rings (SSSR count). The van der Waals surface area contributed by atoms with E-state index in [2.05, 4.69) is 58.7 Å². The molecule has 19 heavy (non-hydrogen) atoms. The molecule has 0 aliphatic carbocycles. The lowest BCUT2D eigenvalue weighted by atomic mass is 9.88. The molecule has 0 aromatic heterocycles. The van der Waals surface area contributed by atoms with Gasteiger partial charge in [0.25, 0.3) is 0 Å². The molecule has 114 valence electrons. The Hall–Kier alpha value is -0.0800. The third-order valence-electron chi connectivity index (χ3n) is 4.74. The molecule has 0 aromatic rings. The van der Waals surface area contributed by atoms with E-state index in [1.165, 1.54) is 32.5 Å². The van der Waals surface area contributed by atoms with E-state index in [9.17, 15) is 0 Å². The highest BCUT2D eigenvalue weighted by Gasteiger charge is 2.32. The van der Waals surface area contributed by atoms with Gasteiger partial charge in [-0.3, -0.25) is 4.90 Å². The first-order valence-electron chi connectivity index (χ1n) is 8.22. The maximum Gasteiger partial charge on any atom is 0.0246 e. The summed E-state index contributed by atoms with van der Waals surface area (Å²) >= 11 is 0. The fourth-order valence-electron chi connectivity index (χ4n) is 2.87. The van der Waals surface area contributed by atoms with Crippen molar-refractivity contribution in [2.24, 2.45) is 17.3 Å². The molecule has 3 atom stereocenters. The van der Waals surface area contributed by atoms with Crippen molar-refractivity contribution in [3.05, 3.63) is 0 Å². The van der Waals surface area contributed by atoms with Gasteiger partial charge in [-0.15, -0.1) is 0 Å². The molecule has 1 heterocycles. The van der Waals surface area contributed by atoms with Crippen molar-refractivity contribution in [1.82, 2.24) is 10.2 Å². The van der Waals surface area contributed by atoms with Crippen LogP contribution in [0.1, 0.15) is 61.3 Å². The van der Waals surface area contributed by atoms with Crippen LogP contribution >= 0.6 is 0 Å². The van der Waals surface area contributed by atoms with Gasteiger partial charge in [0.1, 0.15) is 0 Å². The minimum absolute atomic E-state index is 0.443. The van der Waals surface area contributed by atoms with Crippen LogP contribution in [0.25, 0.3) is 0 Å². The molecule has 0 amide bonds. The average molecular weight is 268 g/mol. The smallest absolute Gasteiger partial charge is 0.0246 e. The highest BCUT2D eigenvalue weighted by Crippen LogP contribution is 2.24. The maximum atomic E-state index is 3.77. The van der Waals surface area contributed by atoms with E-state index < -0.39 is 0 Å². The minimum Gasteiger partial charge on any atom is -0.311 e. The average Bonchev–Trinajstić information content (AvgIpc) is 2.34. The SMILES string of the molecule is CCC(C)C1CNC(C(C)C)CN1CCC(C)(C)C. The lowest BCUT2D eigenvalue weighted by Crippen LogP contribution is -2.60. The van der Waals surface area contributed by atoms with Gasteiger partial charge >= 0.3 is 0 Å². The maximum absolute atomic E-state index is 3.77. The van der Waals surface area contributed by atoms with E-state index in [0.29, 0.717) is 11.5 Å². The first-order valence-corrected chi connectivity index (χ1v) is 8.22. The van der Waals surface area contributed by atoms with Gasteiger partial charge < -0.3 is 5.32 Å². The number of hydrogen-bond acceptors (Lipinski definition) is 2. The molecule has 1 N–H and O–H groups in total. The molecule has 0 aromatic carbocycles. The summed E-state index contributed by atoms with van der Waals surface area (Å²) in [5.74, 6) is 1.52. The van der Waals surface area contributed by atoms with Crippen LogP contribution in [0.2, 0.25) is 0 Å². The van der Waals surface area contributed by atoms with Gasteiger partial charge in [0.05, 0.1) is 0 Å². The summed E-state index contributed by atoms with van der Waals surface area (Å²) in [5, 5.41) is 3.77. The van der Waals surface area contributed by atoms with E-state index in [0.717, 1.165) is 17.9 Å². The predicted octanol–water partition coefficient (Wildman–Crippen LogP) is 3.77. The molecule has 0 saturated carbocycles. The van der Waals surface area contributed by atoms with Gasteiger partial charge in [-0.1, -0.05) is 54.9 Å². The second kappa shape index (κ2) is 7.08. The molecule has 1 saturated heterocycles. The van der Waals surface area contributed by atoms with Crippen LogP contribution in [0.3, 0.4) is 0 Å². The molecule has 0 bridgehead atoms. The fourth-order valence-corrected chi connectivity index (χ4v) is 2.87. The topological polar surface area (TPSA) is 15.3 Å². The van der Waals surface area contributed by atoms with Gasteiger partial charge in [0.15, 0.2) is 0 Å². The van der Waals surface area contributed by atoms with Crippen molar-refractivity contribution in [3.63, 3.8) is 0 Å². The van der Waals surface area contributed by atoms with Crippen molar-refractivity contribution in [2.75, 3.05) is 19.6 Å². The number of hydrogen-bond donors (Lipinski definition) is 1. The number of nitrogens with zero attached hydrogens (tertiary/aromatic N) is 1. The van der Waals surface area contributed by atoms with Crippen LogP contribution < -0.4 is 5.32 Å². The Balaban J connectivity index is 2.65. The van der Waals surface area contributed by atoms with Gasteiger partial charge in [-0.25, -0.2) is 0 Å². The van der Waals surface area contributed by atoms with Crippen LogP contribution in [0.15, 0.2) is 0 Å². The molecule has 1 aliphatic heterocycles. The lowest BCUT2D eigenvalue weighted by molar-refractivity contribution is 0.0689. The second-order valence-corrected chi connectivity index (χ2v) is 8.02. The van der Waals surface area contributed by atoms with Crippen LogP contribution in [0, 0.1) is 17.3 Å².